The van der Waals surface area contributed by atoms with E-state index in [9.17, 15) is 10.1 Å². The lowest BCUT2D eigenvalue weighted by Gasteiger charge is -2.01. The van der Waals surface area contributed by atoms with E-state index < -0.39 is 4.92 Å². The van der Waals surface area contributed by atoms with Crippen LogP contribution in [-0.4, -0.2) is 9.91 Å². The molecule has 0 bridgehead atoms. The van der Waals surface area contributed by atoms with E-state index in [-0.39, 0.29) is 11.6 Å². The Bertz CT molecular complexity index is 546. The topological polar surface area (TPSA) is 69.2 Å². The highest BCUT2D eigenvalue weighted by molar-refractivity contribution is 5.58. The van der Waals surface area contributed by atoms with Crippen molar-refractivity contribution < 1.29 is 9.34 Å². The molecule has 1 heterocycles. The number of benzene rings is 1. The molecule has 5 nitrogen and oxygen atoms in total. The summed E-state index contributed by atoms with van der Waals surface area (Å²) >= 11 is 0. The van der Waals surface area contributed by atoms with Crippen molar-refractivity contribution in [2.45, 2.75) is 26.2 Å². The van der Waals surface area contributed by atoms with E-state index in [0.29, 0.717) is 11.7 Å². The highest BCUT2D eigenvalue weighted by Crippen LogP contribution is 2.26. The molecule has 1 aromatic heterocycles. The lowest BCUT2D eigenvalue weighted by Crippen LogP contribution is -1.89. The van der Waals surface area contributed by atoms with E-state index in [0.717, 1.165) is 12.0 Å². The number of hydrogen-bond acceptors (Lipinski definition) is 4. The Hall–Kier alpha value is -2.17. The third kappa shape index (κ3) is 2.40. The number of aromatic nitrogens is 1. The van der Waals surface area contributed by atoms with Crippen LogP contribution in [0.2, 0.25) is 0 Å². The smallest absolute Gasteiger partial charge is 0.269 e. The average Bonchev–Trinajstić information content (AvgIpc) is 2.87. The minimum Gasteiger partial charge on any atom is -0.440 e. The summed E-state index contributed by atoms with van der Waals surface area (Å²) in [6.07, 6.45) is 2.61. The predicted octanol–water partition coefficient (Wildman–Crippen LogP) is 3.76. The largest absolute Gasteiger partial charge is 0.440 e. The molecule has 1 atom stereocenters. The first-order valence-corrected chi connectivity index (χ1v) is 5.82. The Morgan fingerprint density at radius 3 is 2.61 bits per heavy atom. The number of nitro groups is 1. The van der Waals surface area contributed by atoms with E-state index in [1.165, 1.54) is 12.1 Å². The fourth-order valence-electron chi connectivity index (χ4n) is 1.57. The van der Waals surface area contributed by atoms with Gasteiger partial charge in [-0.05, 0) is 18.6 Å². The van der Waals surface area contributed by atoms with Gasteiger partial charge in [-0.25, -0.2) is 4.98 Å². The molecular weight excluding hydrogens is 232 g/mol. The van der Waals surface area contributed by atoms with Gasteiger partial charge in [0, 0.05) is 23.6 Å². The van der Waals surface area contributed by atoms with Crippen LogP contribution in [-0.2, 0) is 0 Å². The highest BCUT2D eigenvalue weighted by atomic mass is 16.6. The molecule has 0 fully saturated rings. The Kier molecular flexibility index (Phi) is 3.41. The zero-order chi connectivity index (χ0) is 13.1. The number of non-ortho nitro benzene ring substituents is 1. The summed E-state index contributed by atoms with van der Waals surface area (Å²) in [4.78, 5) is 14.3. The fraction of sp³-hybridized carbons (Fsp3) is 0.308. The van der Waals surface area contributed by atoms with Gasteiger partial charge in [-0.15, -0.1) is 0 Å². The lowest BCUT2D eigenvalue weighted by atomic mass is 10.1. The highest BCUT2D eigenvalue weighted by Gasteiger charge is 2.12. The van der Waals surface area contributed by atoms with Crippen LogP contribution in [0.5, 0.6) is 0 Å². The van der Waals surface area contributed by atoms with Crippen LogP contribution in [0.1, 0.15) is 32.1 Å². The van der Waals surface area contributed by atoms with Crippen molar-refractivity contribution >= 4 is 5.69 Å². The summed E-state index contributed by atoms with van der Waals surface area (Å²) in [7, 11) is 0. The summed E-state index contributed by atoms with van der Waals surface area (Å²) < 4.78 is 5.64. The molecule has 0 spiro atoms. The van der Waals surface area contributed by atoms with Gasteiger partial charge in [0.05, 0.1) is 11.1 Å². The number of oxazole rings is 1. The van der Waals surface area contributed by atoms with Gasteiger partial charge in [-0.2, -0.15) is 0 Å². The first kappa shape index (κ1) is 12.3. The van der Waals surface area contributed by atoms with Crippen molar-refractivity contribution in [3.8, 4) is 11.3 Å². The normalized spacial score (nSPS) is 12.3. The SMILES string of the molecule is CCC(C)c1ncc(-c2ccc([N+](=O)[O-])cc2)o1. The van der Waals surface area contributed by atoms with E-state index in [2.05, 4.69) is 11.9 Å². The minimum atomic E-state index is -0.422. The Balaban J connectivity index is 2.26. The zero-order valence-corrected chi connectivity index (χ0v) is 10.3. The second kappa shape index (κ2) is 5.00. The molecule has 1 aromatic carbocycles. The van der Waals surface area contributed by atoms with Crippen molar-refractivity contribution in [2.75, 3.05) is 0 Å². The van der Waals surface area contributed by atoms with Gasteiger partial charge in [-0.3, -0.25) is 10.1 Å². The van der Waals surface area contributed by atoms with Crippen molar-refractivity contribution in [3.63, 3.8) is 0 Å². The molecule has 2 rings (SSSR count). The lowest BCUT2D eigenvalue weighted by molar-refractivity contribution is -0.384. The number of nitro benzene ring substituents is 1. The van der Waals surface area contributed by atoms with E-state index >= 15 is 0 Å². The van der Waals surface area contributed by atoms with Crippen LogP contribution < -0.4 is 0 Å². The molecule has 0 saturated carbocycles. The number of rotatable bonds is 4. The maximum Gasteiger partial charge on any atom is 0.269 e. The summed E-state index contributed by atoms with van der Waals surface area (Å²) in [5.41, 5.74) is 0.864. The molecule has 94 valence electrons. The zero-order valence-electron chi connectivity index (χ0n) is 10.3. The van der Waals surface area contributed by atoms with Gasteiger partial charge in [-0.1, -0.05) is 13.8 Å². The number of hydrogen-bond donors (Lipinski definition) is 0. The third-order valence-electron chi connectivity index (χ3n) is 2.92. The predicted molar refractivity (Wildman–Crippen MR) is 67.3 cm³/mol. The molecule has 0 saturated heterocycles. The molecule has 1 unspecified atom stereocenters. The molecule has 0 aliphatic carbocycles. The van der Waals surface area contributed by atoms with Crippen LogP contribution in [0, 0.1) is 10.1 Å². The average molecular weight is 246 g/mol. The maximum absolute atomic E-state index is 10.6. The molecule has 0 N–H and O–H groups in total. The Morgan fingerprint density at radius 1 is 1.39 bits per heavy atom. The van der Waals surface area contributed by atoms with Gasteiger partial charge >= 0.3 is 0 Å². The second-order valence-electron chi connectivity index (χ2n) is 4.18. The molecule has 0 amide bonds. The molecule has 0 radical (unpaired) electrons. The molecule has 5 heteroatoms. The summed E-state index contributed by atoms with van der Waals surface area (Å²) in [5.74, 6) is 1.61. The van der Waals surface area contributed by atoms with E-state index in [1.807, 2.05) is 6.92 Å². The number of nitrogens with zero attached hydrogens (tertiary/aromatic N) is 2. The van der Waals surface area contributed by atoms with E-state index in [4.69, 9.17) is 4.42 Å². The molecule has 18 heavy (non-hydrogen) atoms. The monoisotopic (exact) mass is 246 g/mol. The Labute approximate surface area is 105 Å². The molecule has 2 aromatic rings. The van der Waals surface area contributed by atoms with Crippen molar-refractivity contribution in [1.29, 1.82) is 0 Å². The van der Waals surface area contributed by atoms with Gasteiger partial charge in [0.1, 0.15) is 0 Å². The third-order valence-corrected chi connectivity index (χ3v) is 2.92. The first-order valence-electron chi connectivity index (χ1n) is 5.82. The molecule has 0 aliphatic heterocycles. The van der Waals surface area contributed by atoms with E-state index in [1.54, 1.807) is 18.3 Å². The first-order chi connectivity index (χ1) is 8.61. The molecule has 0 aliphatic rings. The standard InChI is InChI=1S/C13H14N2O3/c1-3-9(2)13-14-8-12(18-13)10-4-6-11(7-5-10)15(16)17/h4-9H,3H2,1-2H3. The van der Waals surface area contributed by atoms with Crippen LogP contribution in [0.25, 0.3) is 11.3 Å². The van der Waals surface area contributed by atoms with Gasteiger partial charge in [0.25, 0.3) is 5.69 Å². The van der Waals surface area contributed by atoms with Gasteiger partial charge in [0.15, 0.2) is 11.7 Å². The summed E-state index contributed by atoms with van der Waals surface area (Å²) in [5, 5.41) is 10.6. The van der Waals surface area contributed by atoms with Crippen LogP contribution in [0.4, 0.5) is 5.69 Å². The van der Waals surface area contributed by atoms with Crippen molar-refractivity contribution in [3.05, 3.63) is 46.5 Å². The Morgan fingerprint density at radius 2 is 2.06 bits per heavy atom. The van der Waals surface area contributed by atoms with Crippen molar-refractivity contribution in [1.82, 2.24) is 4.98 Å². The second-order valence-corrected chi connectivity index (χ2v) is 4.18. The maximum atomic E-state index is 10.6. The van der Waals surface area contributed by atoms with Crippen LogP contribution in [0.3, 0.4) is 0 Å². The van der Waals surface area contributed by atoms with Gasteiger partial charge < -0.3 is 4.42 Å². The van der Waals surface area contributed by atoms with Crippen LogP contribution >= 0.6 is 0 Å². The van der Waals surface area contributed by atoms with Crippen LogP contribution in [0.15, 0.2) is 34.9 Å². The summed E-state index contributed by atoms with van der Waals surface area (Å²) in [6.45, 7) is 4.12. The quantitative estimate of drug-likeness (QED) is 0.608. The van der Waals surface area contributed by atoms with Gasteiger partial charge in [0.2, 0.25) is 0 Å². The van der Waals surface area contributed by atoms with Crippen molar-refractivity contribution in [2.24, 2.45) is 0 Å². The minimum absolute atomic E-state index is 0.0698. The fourth-order valence-corrected chi connectivity index (χ4v) is 1.57. The molecular formula is C13H14N2O3. The summed E-state index contributed by atoms with van der Waals surface area (Å²) in [6, 6.07) is 6.25.